The van der Waals surface area contributed by atoms with E-state index in [2.05, 4.69) is 75.4 Å². The molecule has 0 aliphatic heterocycles. The van der Waals surface area contributed by atoms with E-state index in [1.165, 1.54) is 16.5 Å². The summed E-state index contributed by atoms with van der Waals surface area (Å²) in [5.74, 6) is 0.611. The Hall–Kier alpha value is -1.50. The molecule has 0 nitrogen and oxygen atoms in total. The highest BCUT2D eigenvalue weighted by atomic mass is 14.0. The Labute approximate surface area is 111 Å². The van der Waals surface area contributed by atoms with E-state index in [1.54, 1.807) is 0 Å². The molecular formula is C17H21B. The Kier molecular flexibility index (Phi) is 4.25. The van der Waals surface area contributed by atoms with Crippen molar-refractivity contribution in [2.24, 2.45) is 0 Å². The zero-order valence-corrected chi connectivity index (χ0v) is 11.6. The summed E-state index contributed by atoms with van der Waals surface area (Å²) in [5, 5.41) is 0. The summed E-state index contributed by atoms with van der Waals surface area (Å²) < 4.78 is 0. The molecule has 2 aromatic rings. The number of benzene rings is 2. The van der Waals surface area contributed by atoms with Crippen molar-refractivity contribution < 1.29 is 0 Å². The van der Waals surface area contributed by atoms with Crippen LogP contribution in [0.4, 0.5) is 0 Å². The fourth-order valence-corrected chi connectivity index (χ4v) is 2.63. The molecule has 2 rings (SSSR count). The summed E-state index contributed by atoms with van der Waals surface area (Å²) in [6.45, 7) is 7.32. The molecule has 0 aliphatic rings. The van der Waals surface area contributed by atoms with E-state index in [0.717, 1.165) is 6.42 Å². The summed E-state index contributed by atoms with van der Waals surface area (Å²) in [6.07, 6.45) is 1.10. The highest BCUT2D eigenvalue weighted by molar-refractivity contribution is 6.86. The maximum Gasteiger partial charge on any atom is 0.211 e. The van der Waals surface area contributed by atoms with Crippen molar-refractivity contribution in [1.82, 2.24) is 0 Å². The van der Waals surface area contributed by atoms with Crippen molar-refractivity contribution >= 4 is 17.6 Å². The minimum Gasteiger partial charge on any atom is -0.0739 e. The molecule has 0 spiro atoms. The van der Waals surface area contributed by atoms with E-state index in [9.17, 15) is 0 Å². The fraction of sp³-hybridized carbons (Fsp3) is 0.294. The second-order valence-electron chi connectivity index (χ2n) is 5.23. The van der Waals surface area contributed by atoms with Crippen LogP contribution in [0.1, 0.15) is 26.3 Å². The molecule has 92 valence electrons. The van der Waals surface area contributed by atoms with Gasteiger partial charge in [-0.3, -0.25) is 0 Å². The molecule has 0 aromatic heterocycles. The van der Waals surface area contributed by atoms with Gasteiger partial charge in [0.1, 0.15) is 0 Å². The lowest BCUT2D eigenvalue weighted by Crippen LogP contribution is -2.44. The molecule has 0 radical (unpaired) electrons. The second-order valence-corrected chi connectivity index (χ2v) is 5.23. The second kappa shape index (κ2) is 5.90. The summed E-state index contributed by atoms with van der Waals surface area (Å²) in [4.78, 5) is 0. The van der Waals surface area contributed by atoms with E-state index in [4.69, 9.17) is 0 Å². The summed E-state index contributed by atoms with van der Waals surface area (Å²) in [5.41, 5.74) is 4.28. The van der Waals surface area contributed by atoms with Crippen LogP contribution in [0.15, 0.2) is 54.6 Å². The van der Waals surface area contributed by atoms with Gasteiger partial charge in [0.15, 0.2) is 0 Å². The lowest BCUT2D eigenvalue weighted by atomic mass is 9.34. The average molecular weight is 236 g/mol. The Morgan fingerprint density at radius 3 is 2.17 bits per heavy atom. The largest absolute Gasteiger partial charge is 0.211 e. The number of hydrogen-bond donors (Lipinski definition) is 0. The molecule has 0 unspecified atom stereocenters. The molecular weight excluding hydrogens is 215 g/mol. The number of rotatable bonds is 4. The Morgan fingerprint density at radius 1 is 0.889 bits per heavy atom. The summed E-state index contributed by atoms with van der Waals surface area (Å²) in [7, 11) is 0. The summed E-state index contributed by atoms with van der Waals surface area (Å²) >= 11 is 0. The highest BCUT2D eigenvalue weighted by Crippen LogP contribution is 2.10. The Morgan fingerprint density at radius 2 is 1.56 bits per heavy atom. The molecule has 0 saturated carbocycles. The summed E-state index contributed by atoms with van der Waals surface area (Å²) in [6, 6.07) is 19.9. The smallest absolute Gasteiger partial charge is 0.0739 e. The standard InChI is InChI=1S/C17H21B/c1-4-15-9-8-12-17(13-15)18(14(2)3)16-10-6-5-7-11-16/h5-14H,4H2,1-3H3. The van der Waals surface area contributed by atoms with Crippen molar-refractivity contribution in [1.29, 1.82) is 0 Å². The van der Waals surface area contributed by atoms with Gasteiger partial charge < -0.3 is 0 Å². The molecule has 0 bridgehead atoms. The third kappa shape index (κ3) is 2.84. The third-order valence-electron chi connectivity index (χ3n) is 3.54. The van der Waals surface area contributed by atoms with Gasteiger partial charge in [0.25, 0.3) is 0 Å². The van der Waals surface area contributed by atoms with Crippen molar-refractivity contribution in [3.63, 3.8) is 0 Å². The molecule has 2 aromatic carbocycles. The van der Waals surface area contributed by atoms with Crippen molar-refractivity contribution in [3.8, 4) is 0 Å². The fourth-order valence-electron chi connectivity index (χ4n) is 2.63. The molecule has 0 atom stereocenters. The van der Waals surface area contributed by atoms with Crippen LogP contribution < -0.4 is 10.9 Å². The minimum absolute atomic E-state index is 0.498. The van der Waals surface area contributed by atoms with Gasteiger partial charge in [-0.1, -0.05) is 92.1 Å². The van der Waals surface area contributed by atoms with E-state index in [1.807, 2.05) is 0 Å². The third-order valence-corrected chi connectivity index (χ3v) is 3.54. The Bertz CT molecular complexity index is 488. The molecule has 0 amide bonds. The van der Waals surface area contributed by atoms with Crippen LogP contribution in [-0.4, -0.2) is 6.71 Å². The van der Waals surface area contributed by atoms with E-state index in [0.29, 0.717) is 12.5 Å². The predicted molar refractivity (Wildman–Crippen MR) is 82.4 cm³/mol. The number of hydrogen-bond acceptors (Lipinski definition) is 0. The quantitative estimate of drug-likeness (QED) is 0.715. The van der Waals surface area contributed by atoms with Crippen LogP contribution in [0.3, 0.4) is 0 Å². The van der Waals surface area contributed by atoms with E-state index in [-0.39, 0.29) is 0 Å². The van der Waals surface area contributed by atoms with Crippen LogP contribution in [0, 0.1) is 0 Å². The van der Waals surface area contributed by atoms with Gasteiger partial charge in [-0.15, -0.1) is 0 Å². The first-order valence-corrected chi connectivity index (χ1v) is 6.86. The zero-order chi connectivity index (χ0) is 13.0. The zero-order valence-electron chi connectivity index (χ0n) is 11.6. The van der Waals surface area contributed by atoms with Gasteiger partial charge in [0.2, 0.25) is 6.71 Å². The minimum atomic E-state index is 0.498. The first-order chi connectivity index (χ1) is 8.72. The van der Waals surface area contributed by atoms with E-state index >= 15 is 0 Å². The van der Waals surface area contributed by atoms with E-state index < -0.39 is 0 Å². The molecule has 0 fully saturated rings. The van der Waals surface area contributed by atoms with Crippen LogP contribution >= 0.6 is 0 Å². The van der Waals surface area contributed by atoms with Crippen molar-refractivity contribution in [2.45, 2.75) is 33.0 Å². The molecule has 0 saturated heterocycles. The highest BCUT2D eigenvalue weighted by Gasteiger charge is 2.22. The molecule has 0 aliphatic carbocycles. The number of aryl methyl sites for hydroxylation is 1. The normalized spacial score (nSPS) is 10.7. The molecule has 18 heavy (non-hydrogen) atoms. The van der Waals surface area contributed by atoms with Gasteiger partial charge in [0.05, 0.1) is 0 Å². The van der Waals surface area contributed by atoms with Gasteiger partial charge in [-0.05, 0) is 12.0 Å². The first-order valence-electron chi connectivity index (χ1n) is 6.86. The van der Waals surface area contributed by atoms with Crippen LogP contribution in [0.2, 0.25) is 5.82 Å². The van der Waals surface area contributed by atoms with Crippen molar-refractivity contribution in [3.05, 3.63) is 60.2 Å². The SMILES string of the molecule is CCc1cccc(B(c2ccccc2)C(C)C)c1. The lowest BCUT2D eigenvalue weighted by molar-refractivity contribution is 1.05. The maximum atomic E-state index is 2.36. The van der Waals surface area contributed by atoms with Gasteiger partial charge in [-0.2, -0.15) is 0 Å². The molecule has 1 heteroatoms. The monoisotopic (exact) mass is 236 g/mol. The molecule has 0 N–H and O–H groups in total. The van der Waals surface area contributed by atoms with Crippen LogP contribution in [0.25, 0.3) is 0 Å². The predicted octanol–water partition coefficient (Wildman–Crippen LogP) is 3.27. The topological polar surface area (TPSA) is 0 Å². The van der Waals surface area contributed by atoms with Crippen LogP contribution in [-0.2, 0) is 6.42 Å². The van der Waals surface area contributed by atoms with Crippen LogP contribution in [0.5, 0.6) is 0 Å². The van der Waals surface area contributed by atoms with Crippen molar-refractivity contribution in [2.75, 3.05) is 0 Å². The van der Waals surface area contributed by atoms with Gasteiger partial charge >= 0.3 is 0 Å². The van der Waals surface area contributed by atoms with Gasteiger partial charge in [0, 0.05) is 0 Å². The Balaban J connectivity index is 2.42. The molecule has 0 heterocycles. The first kappa shape index (κ1) is 12.9. The maximum absolute atomic E-state index is 2.36. The average Bonchev–Trinajstić information content (AvgIpc) is 2.40. The van der Waals surface area contributed by atoms with Gasteiger partial charge in [-0.25, -0.2) is 0 Å². The lowest BCUT2D eigenvalue weighted by Gasteiger charge is -2.19.